The van der Waals surface area contributed by atoms with E-state index in [-0.39, 0.29) is 0 Å². The Bertz CT molecular complexity index is 297. The summed E-state index contributed by atoms with van der Waals surface area (Å²) < 4.78 is 5.15. The maximum absolute atomic E-state index is 5.60. The van der Waals surface area contributed by atoms with Gasteiger partial charge in [-0.05, 0) is 43.6 Å². The Balaban J connectivity index is 2.78. The average molecular weight is 222 g/mol. The van der Waals surface area contributed by atoms with Gasteiger partial charge in [-0.2, -0.15) is 0 Å². The standard InChI is InChI=1S/C13H22N2O/c1-10(8-9-14)13(15-2)11-4-6-12(16-3)7-5-11/h4-7,10,13,15H,8-9,14H2,1-3H3. The summed E-state index contributed by atoms with van der Waals surface area (Å²) in [6.07, 6.45) is 1.03. The molecule has 3 nitrogen and oxygen atoms in total. The zero-order valence-corrected chi connectivity index (χ0v) is 10.4. The van der Waals surface area contributed by atoms with E-state index in [1.165, 1.54) is 5.56 Å². The third-order valence-corrected chi connectivity index (χ3v) is 2.98. The number of hydrogen-bond acceptors (Lipinski definition) is 3. The Morgan fingerprint density at radius 3 is 2.38 bits per heavy atom. The van der Waals surface area contributed by atoms with Crippen LogP contribution in [0.3, 0.4) is 0 Å². The van der Waals surface area contributed by atoms with Gasteiger partial charge in [-0.15, -0.1) is 0 Å². The van der Waals surface area contributed by atoms with E-state index < -0.39 is 0 Å². The zero-order chi connectivity index (χ0) is 12.0. The molecule has 3 heteroatoms. The van der Waals surface area contributed by atoms with Gasteiger partial charge in [0.2, 0.25) is 0 Å². The Morgan fingerprint density at radius 2 is 1.94 bits per heavy atom. The minimum absolute atomic E-state index is 0.356. The maximum atomic E-state index is 5.60. The molecule has 0 aliphatic rings. The molecule has 0 heterocycles. The smallest absolute Gasteiger partial charge is 0.118 e. The van der Waals surface area contributed by atoms with Gasteiger partial charge < -0.3 is 15.8 Å². The van der Waals surface area contributed by atoms with Gasteiger partial charge in [0.25, 0.3) is 0 Å². The van der Waals surface area contributed by atoms with Crippen molar-refractivity contribution in [1.82, 2.24) is 5.32 Å². The highest BCUT2D eigenvalue weighted by atomic mass is 16.5. The van der Waals surface area contributed by atoms with Crippen LogP contribution in [0.2, 0.25) is 0 Å². The first-order valence-electron chi connectivity index (χ1n) is 5.74. The molecule has 90 valence electrons. The number of benzene rings is 1. The molecule has 2 unspecified atom stereocenters. The average Bonchev–Trinajstić information content (AvgIpc) is 2.31. The van der Waals surface area contributed by atoms with E-state index in [2.05, 4.69) is 24.4 Å². The highest BCUT2D eigenvalue weighted by Gasteiger charge is 2.16. The molecule has 0 aliphatic heterocycles. The monoisotopic (exact) mass is 222 g/mol. The van der Waals surface area contributed by atoms with Crippen LogP contribution in [-0.2, 0) is 0 Å². The van der Waals surface area contributed by atoms with E-state index in [1.54, 1.807) is 7.11 Å². The van der Waals surface area contributed by atoms with Crippen LogP contribution in [0, 0.1) is 5.92 Å². The molecule has 1 rings (SSSR count). The van der Waals surface area contributed by atoms with E-state index in [0.717, 1.165) is 18.7 Å². The Kier molecular flexibility index (Phi) is 5.29. The Morgan fingerprint density at radius 1 is 1.31 bits per heavy atom. The fraction of sp³-hybridized carbons (Fsp3) is 0.538. The van der Waals surface area contributed by atoms with Crippen LogP contribution < -0.4 is 15.8 Å². The number of methoxy groups -OCH3 is 1. The second-order valence-corrected chi connectivity index (χ2v) is 4.09. The van der Waals surface area contributed by atoms with Gasteiger partial charge in [0.1, 0.15) is 5.75 Å². The second-order valence-electron chi connectivity index (χ2n) is 4.09. The summed E-state index contributed by atoms with van der Waals surface area (Å²) in [6, 6.07) is 8.55. The zero-order valence-electron chi connectivity index (χ0n) is 10.4. The summed E-state index contributed by atoms with van der Waals surface area (Å²) >= 11 is 0. The lowest BCUT2D eigenvalue weighted by Crippen LogP contribution is -2.25. The first-order valence-corrected chi connectivity index (χ1v) is 5.74. The largest absolute Gasteiger partial charge is 0.497 e. The third-order valence-electron chi connectivity index (χ3n) is 2.98. The van der Waals surface area contributed by atoms with Gasteiger partial charge in [-0.3, -0.25) is 0 Å². The SMILES string of the molecule is CNC(c1ccc(OC)cc1)C(C)CCN. The van der Waals surface area contributed by atoms with Crippen molar-refractivity contribution in [2.75, 3.05) is 20.7 Å². The first-order chi connectivity index (χ1) is 7.72. The maximum Gasteiger partial charge on any atom is 0.118 e. The normalized spacial score (nSPS) is 14.5. The Labute approximate surface area is 98.0 Å². The third kappa shape index (κ3) is 3.22. The molecule has 3 N–H and O–H groups in total. The highest BCUT2D eigenvalue weighted by molar-refractivity contribution is 5.29. The van der Waals surface area contributed by atoms with E-state index in [0.29, 0.717) is 12.0 Å². The van der Waals surface area contributed by atoms with E-state index in [4.69, 9.17) is 10.5 Å². The molecule has 0 aromatic heterocycles. The van der Waals surface area contributed by atoms with Gasteiger partial charge in [0.15, 0.2) is 0 Å². The van der Waals surface area contributed by atoms with Crippen molar-refractivity contribution in [3.63, 3.8) is 0 Å². The fourth-order valence-corrected chi connectivity index (χ4v) is 2.02. The lowest BCUT2D eigenvalue weighted by molar-refractivity contribution is 0.389. The summed E-state index contributed by atoms with van der Waals surface area (Å²) in [7, 11) is 3.67. The molecule has 1 aromatic rings. The van der Waals surface area contributed by atoms with Crippen molar-refractivity contribution in [1.29, 1.82) is 0 Å². The number of nitrogens with one attached hydrogen (secondary N) is 1. The first kappa shape index (κ1) is 13.0. The molecule has 0 saturated heterocycles. The number of rotatable bonds is 6. The van der Waals surface area contributed by atoms with Crippen LogP contribution in [0.15, 0.2) is 24.3 Å². The molecule has 0 amide bonds. The summed E-state index contributed by atoms with van der Waals surface area (Å²) in [5.41, 5.74) is 6.88. The van der Waals surface area contributed by atoms with Crippen LogP contribution in [0.1, 0.15) is 24.9 Å². The van der Waals surface area contributed by atoms with Crippen molar-refractivity contribution in [2.45, 2.75) is 19.4 Å². The predicted molar refractivity (Wildman–Crippen MR) is 67.6 cm³/mol. The molecule has 0 saturated carbocycles. The van der Waals surface area contributed by atoms with E-state index in [9.17, 15) is 0 Å². The topological polar surface area (TPSA) is 47.3 Å². The van der Waals surface area contributed by atoms with Gasteiger partial charge in [0, 0.05) is 6.04 Å². The molecule has 2 atom stereocenters. The van der Waals surface area contributed by atoms with E-state index >= 15 is 0 Å². The molecular formula is C13H22N2O. The van der Waals surface area contributed by atoms with Gasteiger partial charge in [-0.25, -0.2) is 0 Å². The number of nitrogens with two attached hydrogens (primary N) is 1. The lowest BCUT2D eigenvalue weighted by atomic mass is 9.92. The van der Waals surface area contributed by atoms with Crippen molar-refractivity contribution >= 4 is 0 Å². The summed E-state index contributed by atoms with van der Waals surface area (Å²) in [4.78, 5) is 0. The van der Waals surface area contributed by atoms with Crippen LogP contribution >= 0.6 is 0 Å². The summed E-state index contributed by atoms with van der Waals surface area (Å²) in [6.45, 7) is 2.95. The molecule has 0 fully saturated rings. The molecule has 0 spiro atoms. The van der Waals surface area contributed by atoms with Gasteiger partial charge in [-0.1, -0.05) is 19.1 Å². The summed E-state index contributed by atoms with van der Waals surface area (Å²) in [5, 5.41) is 3.34. The predicted octanol–water partition coefficient (Wildman–Crippen LogP) is 1.94. The fourth-order valence-electron chi connectivity index (χ4n) is 2.02. The Hall–Kier alpha value is -1.06. The quantitative estimate of drug-likeness (QED) is 0.773. The molecule has 0 radical (unpaired) electrons. The minimum atomic E-state index is 0.356. The van der Waals surface area contributed by atoms with Crippen LogP contribution in [0.25, 0.3) is 0 Å². The highest BCUT2D eigenvalue weighted by Crippen LogP contribution is 2.25. The molecule has 0 bridgehead atoms. The number of ether oxygens (including phenoxy) is 1. The van der Waals surface area contributed by atoms with Crippen LogP contribution in [0.5, 0.6) is 5.75 Å². The molecular weight excluding hydrogens is 200 g/mol. The summed E-state index contributed by atoms with van der Waals surface area (Å²) in [5.74, 6) is 1.42. The van der Waals surface area contributed by atoms with Crippen molar-refractivity contribution in [3.8, 4) is 5.75 Å². The van der Waals surface area contributed by atoms with Crippen molar-refractivity contribution in [3.05, 3.63) is 29.8 Å². The second kappa shape index (κ2) is 6.51. The number of hydrogen-bond donors (Lipinski definition) is 2. The van der Waals surface area contributed by atoms with Crippen LogP contribution in [0.4, 0.5) is 0 Å². The van der Waals surface area contributed by atoms with E-state index in [1.807, 2.05) is 19.2 Å². The lowest BCUT2D eigenvalue weighted by Gasteiger charge is -2.23. The van der Waals surface area contributed by atoms with Gasteiger partial charge in [0.05, 0.1) is 7.11 Å². The van der Waals surface area contributed by atoms with Crippen molar-refractivity contribution < 1.29 is 4.74 Å². The van der Waals surface area contributed by atoms with Crippen molar-refractivity contribution in [2.24, 2.45) is 11.7 Å². The molecule has 0 aliphatic carbocycles. The molecule has 16 heavy (non-hydrogen) atoms. The van der Waals surface area contributed by atoms with Crippen LogP contribution in [-0.4, -0.2) is 20.7 Å². The molecule has 1 aromatic carbocycles. The van der Waals surface area contributed by atoms with Gasteiger partial charge >= 0.3 is 0 Å². The minimum Gasteiger partial charge on any atom is -0.497 e.